The minimum Gasteiger partial charge on any atom is -0.469 e. The van der Waals surface area contributed by atoms with Crippen LogP contribution in [0.2, 0.25) is 0 Å². The molecule has 0 fully saturated rings. The quantitative estimate of drug-likeness (QED) is 0.824. The third-order valence-corrected chi connectivity index (χ3v) is 3.21. The summed E-state index contributed by atoms with van der Waals surface area (Å²) in [7, 11) is 0. The Balaban J connectivity index is 2.06. The van der Waals surface area contributed by atoms with E-state index >= 15 is 0 Å². The normalized spacial score (nSPS) is 12.1. The Bertz CT molecular complexity index is 496. The van der Waals surface area contributed by atoms with Crippen molar-refractivity contribution in [1.82, 2.24) is 5.32 Å². The fourth-order valence-electron chi connectivity index (χ4n) is 2.05. The number of benzene rings is 1. The molecule has 4 heteroatoms. The van der Waals surface area contributed by atoms with Gasteiger partial charge in [0.15, 0.2) is 0 Å². The maximum Gasteiger partial charge on any atom is 0.234 e. The van der Waals surface area contributed by atoms with Gasteiger partial charge in [-0.15, -0.1) is 11.6 Å². The van der Waals surface area contributed by atoms with E-state index in [0.29, 0.717) is 6.54 Å². The fourth-order valence-corrected chi connectivity index (χ4v) is 2.15. The number of amides is 1. The van der Waals surface area contributed by atoms with Gasteiger partial charge in [-0.3, -0.25) is 4.79 Å². The predicted octanol–water partition coefficient (Wildman–Crippen LogP) is 3.16. The van der Waals surface area contributed by atoms with Crippen molar-refractivity contribution in [3.8, 4) is 0 Å². The Morgan fingerprint density at radius 1 is 1.21 bits per heavy atom. The predicted molar refractivity (Wildman–Crippen MR) is 75.3 cm³/mol. The number of hydrogen-bond acceptors (Lipinski definition) is 2. The second-order valence-corrected chi connectivity index (χ2v) is 4.52. The van der Waals surface area contributed by atoms with Crippen molar-refractivity contribution in [3.63, 3.8) is 0 Å². The van der Waals surface area contributed by atoms with Crippen LogP contribution in [-0.2, 0) is 4.79 Å². The van der Waals surface area contributed by atoms with Crippen LogP contribution >= 0.6 is 11.6 Å². The fraction of sp³-hybridized carbons (Fsp3) is 0.267. The number of rotatable bonds is 6. The molecule has 0 bridgehead atoms. The molecule has 2 rings (SSSR count). The summed E-state index contributed by atoms with van der Waals surface area (Å²) in [5.41, 5.74) is 1.18. The molecule has 1 heterocycles. The molecule has 0 aliphatic carbocycles. The molecule has 1 atom stereocenters. The van der Waals surface area contributed by atoms with Gasteiger partial charge in [-0.25, -0.2) is 0 Å². The van der Waals surface area contributed by atoms with Crippen molar-refractivity contribution >= 4 is 17.5 Å². The number of hydrogen-bond donors (Lipinski definition) is 1. The first kappa shape index (κ1) is 13.7. The van der Waals surface area contributed by atoms with E-state index in [1.807, 2.05) is 30.3 Å². The summed E-state index contributed by atoms with van der Waals surface area (Å²) in [4.78, 5) is 11.1. The molecule has 0 aliphatic rings. The van der Waals surface area contributed by atoms with Gasteiger partial charge in [0.2, 0.25) is 5.91 Å². The van der Waals surface area contributed by atoms with Crippen LogP contribution in [0.25, 0.3) is 0 Å². The minimum absolute atomic E-state index is 0.00322. The van der Waals surface area contributed by atoms with Crippen molar-refractivity contribution in [2.75, 3.05) is 12.4 Å². The minimum atomic E-state index is -0.145. The molecule has 19 heavy (non-hydrogen) atoms. The number of halogens is 1. The van der Waals surface area contributed by atoms with Gasteiger partial charge in [0.25, 0.3) is 0 Å². The lowest BCUT2D eigenvalue weighted by molar-refractivity contribution is -0.118. The Morgan fingerprint density at radius 3 is 2.63 bits per heavy atom. The molecular weight excluding hydrogens is 262 g/mol. The topological polar surface area (TPSA) is 42.2 Å². The van der Waals surface area contributed by atoms with E-state index in [1.54, 1.807) is 6.26 Å². The molecule has 0 spiro atoms. The molecule has 0 radical (unpaired) electrons. The molecular formula is C15H16ClNO2. The summed E-state index contributed by atoms with van der Waals surface area (Å²) in [6.45, 7) is 0.575. The number of nitrogens with one attached hydrogen (secondary N) is 1. The van der Waals surface area contributed by atoms with E-state index in [1.165, 1.54) is 5.56 Å². The summed E-state index contributed by atoms with van der Waals surface area (Å²) in [6.07, 6.45) is 2.45. The van der Waals surface area contributed by atoms with Gasteiger partial charge in [-0.2, -0.15) is 0 Å². The Kier molecular flexibility index (Phi) is 5.04. The lowest BCUT2D eigenvalue weighted by Crippen LogP contribution is -2.26. The summed E-state index contributed by atoms with van der Waals surface area (Å²) >= 11 is 5.45. The maximum absolute atomic E-state index is 11.1. The molecule has 1 aromatic carbocycles. The summed E-state index contributed by atoms with van der Waals surface area (Å²) in [5, 5.41) is 2.78. The molecule has 0 saturated carbocycles. The van der Waals surface area contributed by atoms with Crippen molar-refractivity contribution in [2.24, 2.45) is 0 Å². The Morgan fingerprint density at radius 2 is 2.00 bits per heavy atom. The first-order valence-electron chi connectivity index (χ1n) is 6.22. The van der Waals surface area contributed by atoms with Gasteiger partial charge in [-0.05, 0) is 24.1 Å². The van der Waals surface area contributed by atoms with Gasteiger partial charge in [0, 0.05) is 12.5 Å². The number of carbonyl (C=O) groups is 1. The third kappa shape index (κ3) is 3.86. The Labute approximate surface area is 117 Å². The van der Waals surface area contributed by atoms with Crippen molar-refractivity contribution in [2.45, 2.75) is 12.3 Å². The van der Waals surface area contributed by atoms with Gasteiger partial charge < -0.3 is 9.73 Å². The van der Waals surface area contributed by atoms with Gasteiger partial charge in [0.1, 0.15) is 11.6 Å². The smallest absolute Gasteiger partial charge is 0.234 e. The van der Waals surface area contributed by atoms with Crippen LogP contribution in [0.15, 0.2) is 53.1 Å². The summed E-state index contributed by atoms with van der Waals surface area (Å²) < 4.78 is 5.50. The highest BCUT2D eigenvalue weighted by molar-refractivity contribution is 6.27. The molecule has 1 N–H and O–H groups in total. The van der Waals surface area contributed by atoms with E-state index < -0.39 is 0 Å². The lowest BCUT2D eigenvalue weighted by Gasteiger charge is -2.15. The van der Waals surface area contributed by atoms with Gasteiger partial charge >= 0.3 is 0 Å². The van der Waals surface area contributed by atoms with E-state index in [2.05, 4.69) is 17.4 Å². The molecule has 100 valence electrons. The largest absolute Gasteiger partial charge is 0.469 e. The molecule has 0 saturated heterocycles. The van der Waals surface area contributed by atoms with E-state index in [0.717, 1.165) is 12.2 Å². The highest BCUT2D eigenvalue weighted by atomic mass is 35.5. The molecule has 1 amide bonds. The van der Waals surface area contributed by atoms with Crippen LogP contribution in [-0.4, -0.2) is 18.3 Å². The number of alkyl halides is 1. The number of furan rings is 1. The van der Waals surface area contributed by atoms with Crippen LogP contribution in [0, 0.1) is 0 Å². The monoisotopic (exact) mass is 277 g/mol. The molecule has 3 nitrogen and oxygen atoms in total. The van der Waals surface area contributed by atoms with Crippen LogP contribution in [0.4, 0.5) is 0 Å². The molecule has 0 aliphatic heterocycles. The highest BCUT2D eigenvalue weighted by Gasteiger charge is 2.16. The van der Waals surface area contributed by atoms with E-state index in [4.69, 9.17) is 16.0 Å². The zero-order valence-corrected chi connectivity index (χ0v) is 11.3. The second kappa shape index (κ2) is 7.00. The van der Waals surface area contributed by atoms with Gasteiger partial charge in [-0.1, -0.05) is 30.3 Å². The standard InChI is InChI=1S/C15H16ClNO2/c16-11-15(18)17-9-8-13(14-7-4-10-19-14)12-5-2-1-3-6-12/h1-7,10,13H,8-9,11H2,(H,17,18)/t13-/m1/s1. The number of carbonyl (C=O) groups excluding carboxylic acids is 1. The van der Waals surface area contributed by atoms with E-state index in [9.17, 15) is 4.79 Å². The van der Waals surface area contributed by atoms with Crippen LogP contribution in [0.3, 0.4) is 0 Å². The third-order valence-electron chi connectivity index (χ3n) is 2.97. The molecule has 1 aromatic heterocycles. The van der Waals surface area contributed by atoms with Crippen molar-refractivity contribution < 1.29 is 9.21 Å². The average molecular weight is 278 g/mol. The first-order chi connectivity index (χ1) is 9.31. The summed E-state index contributed by atoms with van der Waals surface area (Å²) in [5.74, 6) is 0.905. The molecule has 2 aromatic rings. The second-order valence-electron chi connectivity index (χ2n) is 4.25. The van der Waals surface area contributed by atoms with E-state index in [-0.39, 0.29) is 17.7 Å². The van der Waals surface area contributed by atoms with Gasteiger partial charge in [0.05, 0.1) is 6.26 Å². The SMILES string of the molecule is O=C(CCl)NCC[C@H](c1ccccc1)c1ccco1. The lowest BCUT2D eigenvalue weighted by atomic mass is 9.93. The first-order valence-corrected chi connectivity index (χ1v) is 6.75. The summed E-state index contributed by atoms with van der Waals surface area (Å²) in [6, 6.07) is 14.0. The Hall–Kier alpha value is -1.74. The highest BCUT2D eigenvalue weighted by Crippen LogP contribution is 2.27. The maximum atomic E-state index is 11.1. The zero-order valence-electron chi connectivity index (χ0n) is 10.5. The zero-order chi connectivity index (χ0) is 13.5. The average Bonchev–Trinajstić information content (AvgIpc) is 2.98. The van der Waals surface area contributed by atoms with Crippen LogP contribution in [0.1, 0.15) is 23.7 Å². The van der Waals surface area contributed by atoms with Crippen molar-refractivity contribution in [1.29, 1.82) is 0 Å². The molecule has 0 unspecified atom stereocenters. The van der Waals surface area contributed by atoms with Crippen molar-refractivity contribution in [3.05, 3.63) is 60.1 Å². The van der Waals surface area contributed by atoms with Crippen LogP contribution < -0.4 is 5.32 Å². The van der Waals surface area contributed by atoms with Crippen LogP contribution in [0.5, 0.6) is 0 Å².